The standard InChI is InChI=1S/C20H32O/c1-7-14(2)8-10-17-15(3)9-11-18-19(4,5)12-16(21)13-20(17,18)6/h7,16-18,21H,1-3,8-13H2,4-6H3/t16-,17+,18+,20-/m0/s1. The molecule has 0 bridgehead atoms. The van der Waals surface area contributed by atoms with Gasteiger partial charge in [-0.25, -0.2) is 0 Å². The quantitative estimate of drug-likeness (QED) is 0.551. The SMILES string of the molecule is C=CC(=C)CC[C@@H]1C(=C)CC[C@@H]2C(C)(C)C[C@H](O)C[C@@]12C. The largest absolute Gasteiger partial charge is 0.393 e. The Morgan fingerprint density at radius 1 is 1.33 bits per heavy atom. The Morgan fingerprint density at radius 2 is 2.00 bits per heavy atom. The molecule has 4 atom stereocenters. The average molecular weight is 288 g/mol. The van der Waals surface area contributed by atoms with Crippen LogP contribution in [-0.2, 0) is 0 Å². The predicted molar refractivity (Wildman–Crippen MR) is 91.1 cm³/mol. The smallest absolute Gasteiger partial charge is 0.0551 e. The summed E-state index contributed by atoms with van der Waals surface area (Å²) in [6.07, 6.45) is 8.02. The molecule has 0 amide bonds. The van der Waals surface area contributed by atoms with Gasteiger partial charge in [-0.2, -0.15) is 0 Å². The lowest BCUT2D eigenvalue weighted by molar-refractivity contribution is -0.105. The van der Waals surface area contributed by atoms with E-state index < -0.39 is 0 Å². The van der Waals surface area contributed by atoms with Crippen molar-refractivity contribution in [2.24, 2.45) is 22.7 Å². The van der Waals surface area contributed by atoms with Gasteiger partial charge in [-0.15, -0.1) is 0 Å². The van der Waals surface area contributed by atoms with Gasteiger partial charge in [0.15, 0.2) is 0 Å². The first kappa shape index (κ1) is 16.5. The fourth-order valence-electron chi connectivity index (χ4n) is 5.41. The third-order valence-electron chi connectivity index (χ3n) is 6.26. The van der Waals surface area contributed by atoms with Crippen LogP contribution in [0.25, 0.3) is 0 Å². The van der Waals surface area contributed by atoms with Crippen LogP contribution in [0.2, 0.25) is 0 Å². The molecule has 0 aromatic carbocycles. The van der Waals surface area contributed by atoms with Gasteiger partial charge in [0.05, 0.1) is 6.10 Å². The molecule has 0 aromatic rings. The van der Waals surface area contributed by atoms with E-state index in [1.54, 1.807) is 0 Å². The van der Waals surface area contributed by atoms with Crippen molar-refractivity contribution in [2.75, 3.05) is 0 Å². The third kappa shape index (κ3) is 3.04. The molecule has 0 aliphatic heterocycles. The van der Waals surface area contributed by atoms with E-state index in [0.717, 1.165) is 37.7 Å². The number of rotatable bonds is 4. The molecule has 2 saturated carbocycles. The highest BCUT2D eigenvalue weighted by Gasteiger charge is 2.54. The van der Waals surface area contributed by atoms with Crippen LogP contribution >= 0.6 is 0 Å². The van der Waals surface area contributed by atoms with E-state index in [0.29, 0.717) is 11.8 Å². The zero-order chi connectivity index (χ0) is 15.8. The lowest BCUT2D eigenvalue weighted by atomic mass is 9.46. The van der Waals surface area contributed by atoms with Crippen LogP contribution in [0, 0.1) is 22.7 Å². The Labute approximate surface area is 130 Å². The summed E-state index contributed by atoms with van der Waals surface area (Å²) in [5.41, 5.74) is 2.90. The van der Waals surface area contributed by atoms with Crippen LogP contribution in [0.5, 0.6) is 0 Å². The summed E-state index contributed by atoms with van der Waals surface area (Å²) in [5, 5.41) is 10.4. The Balaban J connectivity index is 2.27. The van der Waals surface area contributed by atoms with Crippen molar-refractivity contribution in [1.82, 2.24) is 0 Å². The van der Waals surface area contributed by atoms with Gasteiger partial charge in [-0.1, -0.05) is 57.7 Å². The average Bonchev–Trinajstić information content (AvgIpc) is 2.35. The van der Waals surface area contributed by atoms with Gasteiger partial charge in [0.25, 0.3) is 0 Å². The fraction of sp³-hybridized carbons (Fsp3) is 0.700. The molecule has 0 heterocycles. The van der Waals surface area contributed by atoms with Gasteiger partial charge in [-0.3, -0.25) is 0 Å². The van der Waals surface area contributed by atoms with E-state index >= 15 is 0 Å². The first-order valence-corrected chi connectivity index (χ1v) is 8.36. The van der Waals surface area contributed by atoms with E-state index in [1.807, 2.05) is 6.08 Å². The molecule has 2 fully saturated rings. The maximum Gasteiger partial charge on any atom is 0.0551 e. The van der Waals surface area contributed by atoms with Gasteiger partial charge < -0.3 is 5.11 Å². The highest BCUT2D eigenvalue weighted by atomic mass is 16.3. The second kappa shape index (κ2) is 5.76. The van der Waals surface area contributed by atoms with Crippen molar-refractivity contribution in [3.8, 4) is 0 Å². The summed E-state index contributed by atoms with van der Waals surface area (Å²) in [6, 6.07) is 0. The van der Waals surface area contributed by atoms with Crippen LogP contribution in [0.15, 0.2) is 37.0 Å². The third-order valence-corrected chi connectivity index (χ3v) is 6.26. The van der Waals surface area contributed by atoms with Crippen LogP contribution in [0.3, 0.4) is 0 Å². The molecule has 21 heavy (non-hydrogen) atoms. The molecule has 0 saturated heterocycles. The van der Waals surface area contributed by atoms with E-state index in [9.17, 15) is 5.11 Å². The first-order valence-electron chi connectivity index (χ1n) is 8.36. The van der Waals surface area contributed by atoms with E-state index in [-0.39, 0.29) is 16.9 Å². The van der Waals surface area contributed by atoms with Crippen LogP contribution in [-0.4, -0.2) is 11.2 Å². The monoisotopic (exact) mass is 288 g/mol. The number of aliphatic hydroxyl groups is 1. The summed E-state index contributed by atoms with van der Waals surface area (Å²) in [4.78, 5) is 0. The van der Waals surface area contributed by atoms with Crippen molar-refractivity contribution < 1.29 is 5.11 Å². The second-order valence-corrected chi connectivity index (χ2v) is 8.26. The van der Waals surface area contributed by atoms with Gasteiger partial charge >= 0.3 is 0 Å². The number of fused-ring (bicyclic) bond motifs is 1. The van der Waals surface area contributed by atoms with Gasteiger partial charge in [0.1, 0.15) is 0 Å². The number of hydrogen-bond donors (Lipinski definition) is 1. The lowest BCUT2D eigenvalue weighted by Gasteiger charge is -2.59. The summed E-state index contributed by atoms with van der Waals surface area (Å²) in [7, 11) is 0. The van der Waals surface area contributed by atoms with Gasteiger partial charge in [-0.05, 0) is 61.2 Å². The van der Waals surface area contributed by atoms with Crippen LogP contribution < -0.4 is 0 Å². The minimum absolute atomic E-state index is 0.169. The normalized spacial score (nSPS) is 38.7. The maximum atomic E-state index is 10.4. The molecule has 0 aromatic heterocycles. The first-order chi connectivity index (χ1) is 9.70. The molecule has 2 aliphatic rings. The van der Waals surface area contributed by atoms with E-state index in [1.165, 1.54) is 12.0 Å². The van der Waals surface area contributed by atoms with Gasteiger partial charge in [0.2, 0.25) is 0 Å². The summed E-state index contributed by atoms with van der Waals surface area (Å²) in [5.74, 6) is 1.18. The van der Waals surface area contributed by atoms with E-state index in [4.69, 9.17) is 0 Å². The summed E-state index contributed by atoms with van der Waals surface area (Å²) in [6.45, 7) is 19.3. The Bertz CT molecular complexity index is 445. The molecule has 1 heteroatoms. The maximum absolute atomic E-state index is 10.4. The molecule has 2 rings (SSSR count). The number of hydrogen-bond acceptors (Lipinski definition) is 1. The molecule has 2 aliphatic carbocycles. The Hall–Kier alpha value is -0.820. The number of allylic oxidation sites excluding steroid dienone is 3. The van der Waals surface area contributed by atoms with E-state index in [2.05, 4.69) is 40.5 Å². The molecule has 118 valence electrons. The molecule has 1 nitrogen and oxygen atoms in total. The zero-order valence-corrected chi connectivity index (χ0v) is 14.1. The Kier molecular flexibility index (Phi) is 4.54. The molecular formula is C20H32O. The highest BCUT2D eigenvalue weighted by Crippen LogP contribution is 2.61. The molecule has 1 N–H and O–H groups in total. The fourth-order valence-corrected chi connectivity index (χ4v) is 5.41. The molecule has 0 spiro atoms. The Morgan fingerprint density at radius 3 is 2.62 bits per heavy atom. The molecule has 0 radical (unpaired) electrons. The highest BCUT2D eigenvalue weighted by molar-refractivity contribution is 5.18. The lowest BCUT2D eigenvalue weighted by Crippen LogP contribution is -2.53. The molecular weight excluding hydrogens is 256 g/mol. The zero-order valence-electron chi connectivity index (χ0n) is 14.1. The second-order valence-electron chi connectivity index (χ2n) is 8.26. The minimum atomic E-state index is -0.169. The van der Waals surface area contributed by atoms with Crippen molar-refractivity contribution in [3.63, 3.8) is 0 Å². The summed E-state index contributed by atoms with van der Waals surface area (Å²) < 4.78 is 0. The predicted octanol–water partition coefficient (Wildman–Crippen LogP) is 5.28. The van der Waals surface area contributed by atoms with Crippen molar-refractivity contribution >= 4 is 0 Å². The van der Waals surface area contributed by atoms with Crippen molar-refractivity contribution in [2.45, 2.75) is 65.4 Å². The minimum Gasteiger partial charge on any atom is -0.393 e. The van der Waals surface area contributed by atoms with Crippen LogP contribution in [0.1, 0.15) is 59.3 Å². The molecule has 0 unspecified atom stereocenters. The number of aliphatic hydroxyl groups excluding tert-OH is 1. The van der Waals surface area contributed by atoms with Crippen LogP contribution in [0.4, 0.5) is 0 Å². The van der Waals surface area contributed by atoms with Crippen molar-refractivity contribution in [3.05, 3.63) is 37.0 Å². The summed E-state index contributed by atoms with van der Waals surface area (Å²) >= 11 is 0. The topological polar surface area (TPSA) is 20.2 Å². The van der Waals surface area contributed by atoms with Crippen molar-refractivity contribution in [1.29, 1.82) is 0 Å². The van der Waals surface area contributed by atoms with Gasteiger partial charge in [0, 0.05) is 0 Å².